The number of rotatable bonds is 3. The van der Waals surface area contributed by atoms with Gasteiger partial charge in [0.2, 0.25) is 5.91 Å². The van der Waals surface area contributed by atoms with Crippen LogP contribution in [-0.2, 0) is 4.79 Å². The molecular formula is C16H21N5O. The molecule has 1 amide bonds. The lowest BCUT2D eigenvalue weighted by molar-refractivity contribution is -0.120. The van der Waals surface area contributed by atoms with Crippen LogP contribution in [0.2, 0.25) is 0 Å². The molecule has 0 radical (unpaired) electrons. The van der Waals surface area contributed by atoms with Crippen molar-refractivity contribution in [1.82, 2.24) is 20.1 Å². The first-order chi connectivity index (χ1) is 10.6. The first-order valence-electron chi connectivity index (χ1n) is 7.65. The van der Waals surface area contributed by atoms with E-state index in [1.807, 2.05) is 32.0 Å². The number of aromatic nitrogens is 3. The molecule has 0 bridgehead atoms. The van der Waals surface area contributed by atoms with Crippen LogP contribution in [0.15, 0.2) is 24.4 Å². The van der Waals surface area contributed by atoms with Crippen molar-refractivity contribution in [3.8, 4) is 5.82 Å². The summed E-state index contributed by atoms with van der Waals surface area (Å²) in [7, 11) is 0. The molecule has 1 saturated heterocycles. The Bertz CT molecular complexity index is 656. The average Bonchev–Trinajstić information content (AvgIpc) is 2.87. The molecule has 0 aliphatic carbocycles. The maximum absolute atomic E-state index is 12.2. The second-order valence-electron chi connectivity index (χ2n) is 5.78. The molecule has 0 spiro atoms. The Labute approximate surface area is 129 Å². The van der Waals surface area contributed by atoms with Gasteiger partial charge in [-0.2, -0.15) is 5.10 Å². The third kappa shape index (κ3) is 3.17. The molecule has 6 nitrogen and oxygen atoms in total. The Kier molecular flexibility index (Phi) is 4.20. The zero-order valence-corrected chi connectivity index (χ0v) is 13.0. The highest BCUT2D eigenvalue weighted by Crippen LogP contribution is 2.15. The first kappa shape index (κ1) is 14.7. The number of pyridine rings is 1. The van der Waals surface area contributed by atoms with Crippen molar-refractivity contribution in [3.63, 3.8) is 0 Å². The van der Waals surface area contributed by atoms with Gasteiger partial charge in [0, 0.05) is 12.2 Å². The van der Waals surface area contributed by atoms with Crippen molar-refractivity contribution in [3.05, 3.63) is 35.8 Å². The molecule has 2 N–H and O–H groups in total. The number of carbonyl (C=O) groups is 1. The predicted molar refractivity (Wildman–Crippen MR) is 85.1 cm³/mol. The quantitative estimate of drug-likeness (QED) is 0.907. The van der Waals surface area contributed by atoms with E-state index < -0.39 is 0 Å². The Morgan fingerprint density at radius 3 is 2.86 bits per heavy atom. The first-order valence-corrected chi connectivity index (χ1v) is 7.65. The molecule has 1 aliphatic heterocycles. The van der Waals surface area contributed by atoms with Crippen LogP contribution < -0.4 is 10.6 Å². The van der Waals surface area contributed by atoms with Crippen molar-refractivity contribution in [1.29, 1.82) is 0 Å². The lowest BCUT2D eigenvalue weighted by Crippen LogP contribution is -2.37. The van der Waals surface area contributed by atoms with Gasteiger partial charge in [-0.3, -0.25) is 4.79 Å². The number of aryl methyl sites for hydroxylation is 2. The van der Waals surface area contributed by atoms with Crippen LogP contribution in [0.5, 0.6) is 0 Å². The summed E-state index contributed by atoms with van der Waals surface area (Å²) in [6.45, 7) is 5.70. The molecule has 1 fully saturated rings. The fourth-order valence-corrected chi connectivity index (χ4v) is 2.77. The molecule has 2 aromatic heterocycles. The molecule has 0 saturated carbocycles. The van der Waals surface area contributed by atoms with Gasteiger partial charge in [-0.05, 0) is 51.4 Å². The largest absolute Gasteiger partial charge is 0.324 e. The summed E-state index contributed by atoms with van der Waals surface area (Å²) >= 11 is 0. The van der Waals surface area contributed by atoms with E-state index in [2.05, 4.69) is 20.7 Å². The van der Waals surface area contributed by atoms with Gasteiger partial charge < -0.3 is 10.6 Å². The molecular weight excluding hydrogens is 278 g/mol. The topological polar surface area (TPSA) is 71.8 Å². The molecule has 2 aromatic rings. The standard InChI is InChI=1S/C16H21N5O/c1-11-8-12(2)21(20-11)15-6-5-14(10-18-15)19-16(22)13-4-3-7-17-9-13/h5-6,8,10,13,17H,3-4,7,9H2,1-2H3,(H,19,22). The Balaban J connectivity index is 1.69. The highest BCUT2D eigenvalue weighted by atomic mass is 16.1. The fraction of sp³-hybridized carbons (Fsp3) is 0.438. The smallest absolute Gasteiger partial charge is 0.228 e. The molecule has 6 heteroatoms. The number of nitrogens with one attached hydrogen (secondary N) is 2. The molecule has 1 atom stereocenters. The van der Waals surface area contributed by atoms with Gasteiger partial charge in [0.15, 0.2) is 5.82 Å². The average molecular weight is 299 g/mol. The van der Waals surface area contributed by atoms with Crippen molar-refractivity contribution in [2.24, 2.45) is 5.92 Å². The normalized spacial score (nSPS) is 18.2. The molecule has 22 heavy (non-hydrogen) atoms. The fourth-order valence-electron chi connectivity index (χ4n) is 2.77. The zero-order chi connectivity index (χ0) is 15.5. The highest BCUT2D eigenvalue weighted by Gasteiger charge is 2.20. The van der Waals surface area contributed by atoms with Crippen LogP contribution in [0.3, 0.4) is 0 Å². The summed E-state index contributed by atoms with van der Waals surface area (Å²) in [6.07, 6.45) is 3.67. The van der Waals surface area contributed by atoms with E-state index in [0.29, 0.717) is 0 Å². The van der Waals surface area contributed by atoms with Crippen molar-refractivity contribution in [2.45, 2.75) is 26.7 Å². The predicted octanol–water partition coefficient (Wildman–Crippen LogP) is 1.82. The van der Waals surface area contributed by atoms with E-state index in [1.165, 1.54) is 0 Å². The van der Waals surface area contributed by atoms with Gasteiger partial charge in [0.05, 0.1) is 23.5 Å². The second-order valence-corrected chi connectivity index (χ2v) is 5.78. The van der Waals surface area contributed by atoms with Crippen LogP contribution in [0, 0.1) is 19.8 Å². The zero-order valence-electron chi connectivity index (χ0n) is 13.0. The van der Waals surface area contributed by atoms with Crippen LogP contribution in [-0.4, -0.2) is 33.8 Å². The van der Waals surface area contributed by atoms with E-state index in [9.17, 15) is 4.79 Å². The molecule has 3 heterocycles. The number of carbonyl (C=O) groups excluding carboxylic acids is 1. The minimum Gasteiger partial charge on any atom is -0.324 e. The number of hydrogen-bond acceptors (Lipinski definition) is 4. The van der Waals surface area contributed by atoms with Crippen molar-refractivity contribution in [2.75, 3.05) is 18.4 Å². The number of nitrogens with zero attached hydrogens (tertiary/aromatic N) is 3. The number of hydrogen-bond donors (Lipinski definition) is 2. The van der Waals surface area contributed by atoms with Crippen LogP contribution in [0.4, 0.5) is 5.69 Å². The van der Waals surface area contributed by atoms with E-state index in [1.54, 1.807) is 10.9 Å². The van der Waals surface area contributed by atoms with Gasteiger partial charge in [-0.25, -0.2) is 9.67 Å². The van der Waals surface area contributed by atoms with Gasteiger partial charge in [-0.15, -0.1) is 0 Å². The Morgan fingerprint density at radius 2 is 2.27 bits per heavy atom. The molecule has 116 valence electrons. The minimum absolute atomic E-state index is 0.0458. The third-order valence-electron chi connectivity index (χ3n) is 3.91. The maximum atomic E-state index is 12.2. The lowest BCUT2D eigenvalue weighted by Gasteiger charge is -2.21. The Morgan fingerprint density at radius 1 is 1.41 bits per heavy atom. The van der Waals surface area contributed by atoms with Gasteiger partial charge in [0.25, 0.3) is 0 Å². The summed E-state index contributed by atoms with van der Waals surface area (Å²) in [5.41, 5.74) is 2.72. The Hall–Kier alpha value is -2.21. The minimum atomic E-state index is 0.0458. The van der Waals surface area contributed by atoms with Crippen LogP contribution in [0.25, 0.3) is 5.82 Å². The summed E-state index contributed by atoms with van der Waals surface area (Å²) in [5.74, 6) is 0.861. The summed E-state index contributed by atoms with van der Waals surface area (Å²) in [5, 5.41) is 10.6. The molecule has 1 aliphatic rings. The summed E-state index contributed by atoms with van der Waals surface area (Å²) in [6, 6.07) is 5.74. The van der Waals surface area contributed by atoms with E-state index in [-0.39, 0.29) is 11.8 Å². The number of amides is 1. The third-order valence-corrected chi connectivity index (χ3v) is 3.91. The maximum Gasteiger partial charge on any atom is 0.228 e. The van der Waals surface area contributed by atoms with E-state index in [4.69, 9.17) is 0 Å². The summed E-state index contributed by atoms with van der Waals surface area (Å²) in [4.78, 5) is 16.6. The second kappa shape index (κ2) is 6.27. The van der Waals surface area contributed by atoms with Crippen molar-refractivity contribution < 1.29 is 4.79 Å². The van der Waals surface area contributed by atoms with Crippen molar-refractivity contribution >= 4 is 11.6 Å². The lowest BCUT2D eigenvalue weighted by atomic mass is 9.99. The molecule has 0 aromatic carbocycles. The SMILES string of the molecule is Cc1cc(C)n(-c2ccc(NC(=O)C3CCCNC3)cn2)n1. The number of piperidine rings is 1. The van der Waals surface area contributed by atoms with Gasteiger partial charge in [-0.1, -0.05) is 0 Å². The summed E-state index contributed by atoms with van der Waals surface area (Å²) < 4.78 is 1.80. The monoisotopic (exact) mass is 299 g/mol. The van der Waals surface area contributed by atoms with Gasteiger partial charge >= 0.3 is 0 Å². The highest BCUT2D eigenvalue weighted by molar-refractivity contribution is 5.92. The molecule has 3 rings (SSSR count). The van der Waals surface area contributed by atoms with E-state index in [0.717, 1.165) is 48.8 Å². The molecule has 1 unspecified atom stereocenters. The van der Waals surface area contributed by atoms with E-state index >= 15 is 0 Å². The number of anilines is 1. The van der Waals surface area contributed by atoms with Crippen LogP contribution in [0.1, 0.15) is 24.2 Å². The van der Waals surface area contributed by atoms with Crippen LogP contribution >= 0.6 is 0 Å². The van der Waals surface area contributed by atoms with Gasteiger partial charge in [0.1, 0.15) is 0 Å².